The van der Waals surface area contributed by atoms with E-state index < -0.39 is 11.6 Å². The van der Waals surface area contributed by atoms with Crippen molar-refractivity contribution in [1.82, 2.24) is 20.5 Å². The van der Waals surface area contributed by atoms with Crippen LogP contribution in [0.25, 0.3) is 10.9 Å². The van der Waals surface area contributed by atoms with Crippen molar-refractivity contribution in [1.29, 1.82) is 0 Å². The summed E-state index contributed by atoms with van der Waals surface area (Å²) >= 11 is 0. The number of unbranched alkanes of at least 4 members (excludes halogenated alkanes) is 5. The van der Waals surface area contributed by atoms with E-state index in [0.717, 1.165) is 67.1 Å². The molecule has 14 heteroatoms. The summed E-state index contributed by atoms with van der Waals surface area (Å²) in [5.41, 5.74) is 17.7. The lowest BCUT2D eigenvalue weighted by molar-refractivity contribution is -0.126. The number of likely N-dealkylation sites (N-methyl/N-ethyl adjacent to an activating group) is 1. The van der Waals surface area contributed by atoms with Gasteiger partial charge in [-0.3, -0.25) is 19.2 Å². The number of carbonyl (C=O) groups is 5. The number of nitrogens with two attached hydrogens (primary N) is 2. The number of nitrogens with one attached hydrogen (secondary N) is 3. The maximum absolute atomic E-state index is 13.9. The largest absolute Gasteiger partial charge is 0.456 e. The first-order valence-corrected chi connectivity index (χ1v) is 25.2. The standard InChI is InChI=1S/C57H63N7O7/c1-3-36-14-13-16-43(30-36)63(4-2)52(65)35-64-48-17-10-9-15-38(48)32-49(64)55(68)62-42-23-18-37(19-24-42)53(66)60-28-11-7-5-6-8-12-29-61-54(67)39-20-25-44-47(31-39)57(71-56(44)69)45-26-21-40(58)33-50(45)70-51-34-41(59)22-27-46(51)57/h9-10,13-17,20-22,25-27,30-34,37,42H,3-8,11-12,18-19,23-24,28-29,35,58-59H2,1-2H3,(H,60,66)(H,61,67)(H,62,68)/t37-,42-. The van der Waals surface area contributed by atoms with Crippen molar-refractivity contribution in [2.24, 2.45) is 5.92 Å². The second-order valence-electron chi connectivity index (χ2n) is 19.0. The Morgan fingerprint density at radius 2 is 1.38 bits per heavy atom. The molecule has 0 unspecified atom stereocenters. The van der Waals surface area contributed by atoms with Gasteiger partial charge in [0.15, 0.2) is 5.60 Å². The second kappa shape index (κ2) is 21.2. The summed E-state index contributed by atoms with van der Waals surface area (Å²) in [5.74, 6) is -0.160. The van der Waals surface area contributed by atoms with Crippen LogP contribution in [0.4, 0.5) is 17.1 Å². The SMILES string of the molecule is CCc1cccc(N(CC)C(=O)Cn2c(C(=O)N[C@H]3CC[C@H](C(=O)NCCCCCCCCNC(=O)c4ccc5c(c4)C4(OC5=O)c5ccc(N)cc5Oc5cc(N)ccc54)CC3)cc3ccccc32)c1. The number of aromatic nitrogens is 1. The molecule has 5 aromatic carbocycles. The van der Waals surface area contributed by atoms with Gasteiger partial charge in [0.2, 0.25) is 11.8 Å². The predicted octanol–water partition coefficient (Wildman–Crippen LogP) is 9.16. The van der Waals surface area contributed by atoms with E-state index in [4.69, 9.17) is 20.9 Å². The molecule has 0 saturated heterocycles. The topological polar surface area (TPSA) is 200 Å². The Balaban J connectivity index is 0.684. The first kappa shape index (κ1) is 48.4. The lowest BCUT2D eigenvalue weighted by atomic mass is 9.77. The lowest BCUT2D eigenvalue weighted by Crippen LogP contribution is -2.42. The molecule has 1 saturated carbocycles. The number of anilines is 3. The van der Waals surface area contributed by atoms with Crippen LogP contribution in [0.15, 0.2) is 109 Å². The zero-order valence-electron chi connectivity index (χ0n) is 40.6. The van der Waals surface area contributed by atoms with E-state index in [9.17, 15) is 24.0 Å². The van der Waals surface area contributed by atoms with Gasteiger partial charge in [0, 0.05) is 93.9 Å². The molecule has 14 nitrogen and oxygen atoms in total. The van der Waals surface area contributed by atoms with E-state index in [1.807, 2.05) is 60.0 Å². The highest BCUT2D eigenvalue weighted by Crippen LogP contribution is 2.56. The molecule has 71 heavy (non-hydrogen) atoms. The maximum atomic E-state index is 13.9. The van der Waals surface area contributed by atoms with Gasteiger partial charge in [0.1, 0.15) is 23.7 Å². The molecule has 3 heterocycles. The first-order chi connectivity index (χ1) is 34.5. The zero-order valence-corrected chi connectivity index (χ0v) is 40.6. The number of fused-ring (bicyclic) bond motifs is 7. The van der Waals surface area contributed by atoms with Gasteiger partial charge in [0.25, 0.3) is 11.8 Å². The molecule has 0 atom stereocenters. The van der Waals surface area contributed by atoms with Gasteiger partial charge in [-0.25, -0.2) is 4.79 Å². The highest BCUT2D eigenvalue weighted by molar-refractivity contribution is 6.02. The van der Waals surface area contributed by atoms with E-state index in [0.29, 0.717) is 102 Å². The number of aryl methyl sites for hydroxylation is 1. The third kappa shape index (κ3) is 10.1. The van der Waals surface area contributed by atoms with E-state index >= 15 is 0 Å². The number of carbonyl (C=O) groups excluding carboxylic acids is 5. The monoisotopic (exact) mass is 957 g/mol. The number of ether oxygens (including phenoxy) is 2. The number of nitrogen functional groups attached to an aromatic ring is 2. The average molecular weight is 958 g/mol. The summed E-state index contributed by atoms with van der Waals surface area (Å²) < 4.78 is 14.2. The molecule has 368 valence electrons. The molecule has 1 fully saturated rings. The molecule has 0 radical (unpaired) electrons. The molecule has 7 N–H and O–H groups in total. The quantitative estimate of drug-likeness (QED) is 0.0317. The molecule has 6 aromatic rings. The Labute approximate surface area is 414 Å². The second-order valence-corrected chi connectivity index (χ2v) is 19.0. The Hall–Kier alpha value is -7.61. The number of hydrogen-bond acceptors (Lipinski definition) is 9. The fourth-order valence-corrected chi connectivity index (χ4v) is 10.5. The van der Waals surface area contributed by atoms with Crippen LogP contribution in [0.3, 0.4) is 0 Å². The van der Waals surface area contributed by atoms with Crippen LogP contribution in [0.1, 0.15) is 132 Å². The molecular formula is C57H63N7O7. The van der Waals surface area contributed by atoms with Crippen molar-refractivity contribution < 1.29 is 33.4 Å². The molecule has 3 aliphatic rings. The average Bonchev–Trinajstić information content (AvgIpc) is 3.88. The molecule has 0 bridgehead atoms. The lowest BCUT2D eigenvalue weighted by Gasteiger charge is -2.36. The van der Waals surface area contributed by atoms with Crippen LogP contribution in [0.5, 0.6) is 11.5 Å². The van der Waals surface area contributed by atoms with Gasteiger partial charge < -0.3 is 46.4 Å². The number of amides is 4. The molecule has 1 spiro atoms. The molecular weight excluding hydrogens is 895 g/mol. The van der Waals surface area contributed by atoms with Gasteiger partial charge in [0.05, 0.1) is 5.56 Å². The minimum absolute atomic E-state index is 0.0351. The van der Waals surface area contributed by atoms with Crippen LogP contribution >= 0.6 is 0 Å². The van der Waals surface area contributed by atoms with E-state index in [2.05, 4.69) is 28.9 Å². The third-order valence-electron chi connectivity index (χ3n) is 14.3. The van der Waals surface area contributed by atoms with Crippen LogP contribution in [0.2, 0.25) is 0 Å². The number of esters is 1. The smallest absolute Gasteiger partial charge is 0.340 e. The predicted molar refractivity (Wildman–Crippen MR) is 276 cm³/mol. The number of nitrogens with zero attached hydrogens (tertiary/aromatic N) is 2. The van der Waals surface area contributed by atoms with Crippen molar-refractivity contribution in [3.05, 3.63) is 148 Å². The van der Waals surface area contributed by atoms with Crippen LogP contribution < -0.4 is 37.1 Å². The maximum Gasteiger partial charge on any atom is 0.340 e. The minimum atomic E-state index is -1.34. The van der Waals surface area contributed by atoms with Gasteiger partial charge in [-0.15, -0.1) is 0 Å². The van der Waals surface area contributed by atoms with Crippen molar-refractivity contribution in [2.75, 3.05) is 36.0 Å². The Morgan fingerprint density at radius 3 is 2.07 bits per heavy atom. The van der Waals surface area contributed by atoms with Crippen molar-refractivity contribution >= 4 is 57.6 Å². The zero-order chi connectivity index (χ0) is 49.6. The van der Waals surface area contributed by atoms with E-state index in [1.165, 1.54) is 0 Å². The first-order valence-electron chi connectivity index (χ1n) is 25.2. The highest BCUT2D eigenvalue weighted by Gasteiger charge is 2.54. The van der Waals surface area contributed by atoms with Crippen molar-refractivity contribution in [2.45, 2.75) is 103 Å². The Kier molecular flexibility index (Phi) is 14.4. The summed E-state index contributed by atoms with van der Waals surface area (Å²) in [4.78, 5) is 69.4. The highest BCUT2D eigenvalue weighted by atomic mass is 16.6. The summed E-state index contributed by atoms with van der Waals surface area (Å²) in [6.45, 7) is 5.73. The molecule has 4 amide bonds. The molecule has 2 aliphatic heterocycles. The van der Waals surface area contributed by atoms with Crippen molar-refractivity contribution in [3.63, 3.8) is 0 Å². The van der Waals surface area contributed by atoms with Gasteiger partial charge in [-0.1, -0.05) is 62.9 Å². The fraction of sp³-hybridized carbons (Fsp3) is 0.351. The Bertz CT molecular complexity index is 2940. The van der Waals surface area contributed by atoms with Gasteiger partial charge in [-0.2, -0.15) is 0 Å². The van der Waals surface area contributed by atoms with Crippen molar-refractivity contribution in [3.8, 4) is 11.5 Å². The minimum Gasteiger partial charge on any atom is -0.456 e. The summed E-state index contributed by atoms with van der Waals surface area (Å²) in [6.07, 6.45) is 9.36. The summed E-state index contributed by atoms with van der Waals surface area (Å²) in [5, 5.41) is 10.3. The third-order valence-corrected chi connectivity index (χ3v) is 14.3. The normalized spacial score (nSPS) is 16.3. The van der Waals surface area contributed by atoms with E-state index in [1.54, 1.807) is 59.5 Å². The summed E-state index contributed by atoms with van der Waals surface area (Å²) in [7, 11) is 0. The molecule has 1 aliphatic carbocycles. The molecule has 9 rings (SSSR count). The molecule has 1 aromatic heterocycles. The van der Waals surface area contributed by atoms with E-state index in [-0.39, 0.29) is 42.1 Å². The summed E-state index contributed by atoms with van der Waals surface area (Å²) in [6, 6.07) is 33.0. The number of rotatable bonds is 18. The van der Waals surface area contributed by atoms with Crippen LogP contribution in [-0.4, -0.2) is 59.8 Å². The number of para-hydroxylation sites is 1. The van der Waals surface area contributed by atoms with Crippen LogP contribution in [-0.2, 0) is 32.9 Å². The fourth-order valence-electron chi connectivity index (χ4n) is 10.5. The van der Waals surface area contributed by atoms with Gasteiger partial charge in [-0.05, 0) is 124 Å². The number of benzene rings is 5. The number of hydrogen-bond donors (Lipinski definition) is 5. The van der Waals surface area contributed by atoms with Crippen LogP contribution in [0, 0.1) is 5.92 Å². The van der Waals surface area contributed by atoms with Gasteiger partial charge >= 0.3 is 5.97 Å². The Morgan fingerprint density at radius 1 is 0.704 bits per heavy atom.